The van der Waals surface area contributed by atoms with E-state index in [-0.39, 0.29) is 17.2 Å². The molecule has 0 aliphatic carbocycles. The van der Waals surface area contributed by atoms with Crippen LogP contribution in [0.1, 0.15) is 36.7 Å². The van der Waals surface area contributed by atoms with Gasteiger partial charge in [0.25, 0.3) is 5.91 Å². The molecule has 4 nitrogen and oxygen atoms in total. The average molecular weight is 271 g/mol. The summed E-state index contributed by atoms with van der Waals surface area (Å²) >= 11 is 5.70. The highest BCUT2D eigenvalue weighted by molar-refractivity contribution is 6.29. The first-order valence-electron chi connectivity index (χ1n) is 6.42. The van der Waals surface area contributed by atoms with Gasteiger partial charge in [-0.3, -0.25) is 4.79 Å². The first kappa shape index (κ1) is 13.4. The first-order valence-corrected chi connectivity index (χ1v) is 6.79. The van der Waals surface area contributed by atoms with E-state index in [2.05, 4.69) is 6.92 Å². The number of hydrogen-bond donors (Lipinski definition) is 1. The summed E-state index contributed by atoms with van der Waals surface area (Å²) in [7, 11) is 0. The van der Waals surface area contributed by atoms with Crippen LogP contribution in [-0.4, -0.2) is 29.9 Å². The van der Waals surface area contributed by atoms with Gasteiger partial charge in [-0.25, -0.2) is 0 Å². The molecule has 1 aromatic heterocycles. The van der Waals surface area contributed by atoms with E-state index in [0.717, 1.165) is 25.8 Å². The number of amides is 1. The van der Waals surface area contributed by atoms with Gasteiger partial charge in [-0.15, -0.1) is 0 Å². The number of carbonyl (C=O) groups excluding carboxylic acids is 1. The SMILES string of the molecule is CCC1CCN(C(=O)c2ccc(Cl)o2)C(CN)C1. The summed E-state index contributed by atoms with van der Waals surface area (Å²) in [5.74, 6) is 0.864. The summed E-state index contributed by atoms with van der Waals surface area (Å²) in [5, 5.41) is 0.242. The van der Waals surface area contributed by atoms with Crippen molar-refractivity contribution in [1.29, 1.82) is 0 Å². The average Bonchev–Trinajstić information content (AvgIpc) is 2.83. The summed E-state index contributed by atoms with van der Waals surface area (Å²) in [6.07, 6.45) is 3.16. The molecule has 100 valence electrons. The molecule has 1 saturated heterocycles. The van der Waals surface area contributed by atoms with Crippen molar-refractivity contribution < 1.29 is 9.21 Å². The number of nitrogens with zero attached hydrogens (tertiary/aromatic N) is 1. The Bertz CT molecular complexity index is 419. The molecule has 2 N–H and O–H groups in total. The molecule has 2 rings (SSSR count). The molecule has 18 heavy (non-hydrogen) atoms. The summed E-state index contributed by atoms with van der Waals surface area (Å²) < 4.78 is 5.18. The maximum absolute atomic E-state index is 12.3. The maximum Gasteiger partial charge on any atom is 0.289 e. The van der Waals surface area contributed by atoms with Crippen LogP contribution < -0.4 is 5.73 Å². The molecule has 1 amide bonds. The third-order valence-corrected chi connectivity index (χ3v) is 3.92. The van der Waals surface area contributed by atoms with Crippen molar-refractivity contribution in [2.45, 2.75) is 32.2 Å². The minimum absolute atomic E-state index is 0.105. The Morgan fingerprint density at radius 3 is 2.94 bits per heavy atom. The zero-order valence-corrected chi connectivity index (χ0v) is 11.3. The Morgan fingerprint density at radius 2 is 2.39 bits per heavy atom. The summed E-state index contributed by atoms with van der Waals surface area (Å²) in [6.45, 7) is 3.43. The number of nitrogens with two attached hydrogens (primary N) is 1. The van der Waals surface area contributed by atoms with Crippen molar-refractivity contribution in [1.82, 2.24) is 4.90 Å². The van der Waals surface area contributed by atoms with Gasteiger partial charge in [0.05, 0.1) is 0 Å². The van der Waals surface area contributed by atoms with Crippen LogP contribution in [0.3, 0.4) is 0 Å². The molecule has 0 spiro atoms. The first-order chi connectivity index (χ1) is 8.65. The minimum atomic E-state index is -0.105. The molecule has 0 radical (unpaired) electrons. The number of carbonyl (C=O) groups is 1. The number of furan rings is 1. The van der Waals surface area contributed by atoms with Gasteiger partial charge >= 0.3 is 0 Å². The summed E-state index contributed by atoms with van der Waals surface area (Å²) in [6, 6.07) is 3.31. The van der Waals surface area contributed by atoms with Crippen LogP contribution in [-0.2, 0) is 0 Å². The van der Waals surface area contributed by atoms with E-state index < -0.39 is 0 Å². The van der Waals surface area contributed by atoms with Crippen molar-refractivity contribution in [3.05, 3.63) is 23.1 Å². The van der Waals surface area contributed by atoms with Crippen LogP contribution in [0.15, 0.2) is 16.5 Å². The molecule has 0 aromatic carbocycles. The Hall–Kier alpha value is -1.00. The number of likely N-dealkylation sites (tertiary alicyclic amines) is 1. The second kappa shape index (κ2) is 5.76. The molecular formula is C13H19ClN2O2. The van der Waals surface area contributed by atoms with Crippen molar-refractivity contribution in [2.24, 2.45) is 11.7 Å². The molecule has 1 fully saturated rings. The van der Waals surface area contributed by atoms with Gasteiger partial charge in [-0.05, 0) is 42.5 Å². The molecule has 1 aliphatic heterocycles. The Kier molecular flexibility index (Phi) is 4.30. The topological polar surface area (TPSA) is 59.5 Å². The van der Waals surface area contributed by atoms with Crippen LogP contribution in [0.25, 0.3) is 0 Å². The lowest BCUT2D eigenvalue weighted by molar-refractivity contribution is 0.0527. The molecule has 2 atom stereocenters. The second-order valence-corrected chi connectivity index (χ2v) is 5.16. The molecule has 1 aliphatic rings. The van der Waals surface area contributed by atoms with Crippen LogP contribution >= 0.6 is 11.6 Å². The fraction of sp³-hybridized carbons (Fsp3) is 0.615. The second-order valence-electron chi connectivity index (χ2n) is 4.79. The largest absolute Gasteiger partial charge is 0.440 e. The zero-order chi connectivity index (χ0) is 13.1. The van der Waals surface area contributed by atoms with Gasteiger partial charge in [0.1, 0.15) is 0 Å². The predicted octanol–water partition coefficient (Wildman–Crippen LogP) is 2.52. The molecule has 2 unspecified atom stereocenters. The smallest absolute Gasteiger partial charge is 0.289 e. The van der Waals surface area contributed by atoms with E-state index in [0.29, 0.717) is 18.2 Å². The molecular weight excluding hydrogens is 252 g/mol. The van der Waals surface area contributed by atoms with E-state index in [4.69, 9.17) is 21.8 Å². The van der Waals surface area contributed by atoms with Crippen LogP contribution in [0.4, 0.5) is 0 Å². The van der Waals surface area contributed by atoms with Gasteiger partial charge in [0.2, 0.25) is 0 Å². The lowest BCUT2D eigenvalue weighted by Crippen LogP contribution is -2.49. The summed E-state index contributed by atoms with van der Waals surface area (Å²) in [5.41, 5.74) is 5.78. The molecule has 0 saturated carbocycles. The molecule has 5 heteroatoms. The molecule has 2 heterocycles. The highest BCUT2D eigenvalue weighted by atomic mass is 35.5. The number of hydrogen-bond acceptors (Lipinski definition) is 3. The van der Waals surface area contributed by atoms with Gasteiger partial charge in [0, 0.05) is 19.1 Å². The molecule has 0 bridgehead atoms. The van der Waals surface area contributed by atoms with E-state index in [1.54, 1.807) is 12.1 Å². The van der Waals surface area contributed by atoms with E-state index in [9.17, 15) is 4.79 Å². The lowest BCUT2D eigenvalue weighted by Gasteiger charge is -2.38. The number of rotatable bonds is 3. The van der Waals surface area contributed by atoms with E-state index in [1.807, 2.05) is 4.90 Å². The van der Waals surface area contributed by atoms with Gasteiger partial charge in [-0.2, -0.15) is 0 Å². The van der Waals surface area contributed by atoms with Crippen LogP contribution in [0.2, 0.25) is 5.22 Å². The number of piperidine rings is 1. The van der Waals surface area contributed by atoms with E-state index in [1.165, 1.54) is 0 Å². The Morgan fingerprint density at radius 1 is 1.61 bits per heavy atom. The fourth-order valence-corrected chi connectivity index (χ4v) is 2.71. The third-order valence-electron chi connectivity index (χ3n) is 3.72. The fourth-order valence-electron chi connectivity index (χ4n) is 2.57. The lowest BCUT2D eigenvalue weighted by atomic mass is 9.89. The highest BCUT2D eigenvalue weighted by Gasteiger charge is 2.31. The normalized spacial score (nSPS) is 24.3. The highest BCUT2D eigenvalue weighted by Crippen LogP contribution is 2.27. The maximum atomic E-state index is 12.3. The van der Waals surface area contributed by atoms with Gasteiger partial charge < -0.3 is 15.1 Å². The molecule has 1 aromatic rings. The van der Waals surface area contributed by atoms with E-state index >= 15 is 0 Å². The van der Waals surface area contributed by atoms with Crippen molar-refractivity contribution >= 4 is 17.5 Å². The van der Waals surface area contributed by atoms with Crippen molar-refractivity contribution in [3.63, 3.8) is 0 Å². The Labute approximate surface area is 112 Å². The van der Waals surface area contributed by atoms with Crippen LogP contribution in [0.5, 0.6) is 0 Å². The van der Waals surface area contributed by atoms with Crippen molar-refractivity contribution in [2.75, 3.05) is 13.1 Å². The van der Waals surface area contributed by atoms with Crippen LogP contribution in [0, 0.1) is 5.92 Å². The van der Waals surface area contributed by atoms with Gasteiger partial charge in [0.15, 0.2) is 11.0 Å². The van der Waals surface area contributed by atoms with Crippen molar-refractivity contribution in [3.8, 4) is 0 Å². The summed E-state index contributed by atoms with van der Waals surface area (Å²) in [4.78, 5) is 14.1. The zero-order valence-electron chi connectivity index (χ0n) is 10.6. The Balaban J connectivity index is 2.10. The monoisotopic (exact) mass is 270 g/mol. The third kappa shape index (κ3) is 2.70. The standard InChI is InChI=1S/C13H19ClN2O2/c1-2-9-5-6-16(10(7-9)8-15)13(17)11-3-4-12(14)18-11/h3-4,9-10H,2,5-8,15H2,1H3. The van der Waals surface area contributed by atoms with Gasteiger partial charge in [-0.1, -0.05) is 13.3 Å². The quantitative estimate of drug-likeness (QED) is 0.918. The number of halogens is 1. The predicted molar refractivity (Wildman–Crippen MR) is 70.6 cm³/mol. The minimum Gasteiger partial charge on any atom is -0.440 e.